The predicted octanol–water partition coefficient (Wildman–Crippen LogP) is 1.76. The summed E-state index contributed by atoms with van der Waals surface area (Å²) in [6, 6.07) is 5.24. The molecule has 0 saturated carbocycles. The highest BCUT2D eigenvalue weighted by molar-refractivity contribution is 7.84. The predicted molar refractivity (Wildman–Crippen MR) is 73.1 cm³/mol. The smallest absolute Gasteiger partial charge is 0.272 e. The summed E-state index contributed by atoms with van der Waals surface area (Å²) in [5.74, 6) is 0.682. The molecule has 100 valence electrons. The fourth-order valence-corrected chi connectivity index (χ4v) is 2.15. The van der Waals surface area contributed by atoms with Gasteiger partial charge in [0.25, 0.3) is 5.69 Å². The largest absolute Gasteiger partial charge is 0.313 e. The summed E-state index contributed by atoms with van der Waals surface area (Å²) in [5, 5.41) is 14.0. The second kappa shape index (κ2) is 7.23. The number of nitrogens with zero attached hydrogens (tertiary/aromatic N) is 1. The summed E-state index contributed by atoms with van der Waals surface area (Å²) in [6.45, 7) is 3.09. The van der Waals surface area contributed by atoms with Crippen molar-refractivity contribution in [2.75, 3.05) is 18.6 Å². The van der Waals surface area contributed by atoms with Gasteiger partial charge in [0.2, 0.25) is 0 Å². The fraction of sp³-hybridized carbons (Fsp3) is 0.500. The topological polar surface area (TPSA) is 72.2 Å². The van der Waals surface area contributed by atoms with Crippen LogP contribution in [-0.4, -0.2) is 27.7 Å². The highest BCUT2D eigenvalue weighted by Gasteiger charge is 2.10. The molecule has 0 aliphatic heterocycles. The highest BCUT2D eigenvalue weighted by atomic mass is 32.2. The zero-order valence-electron chi connectivity index (χ0n) is 10.6. The first kappa shape index (κ1) is 14.8. The summed E-state index contributed by atoms with van der Waals surface area (Å²) in [6.07, 6.45) is 2.53. The van der Waals surface area contributed by atoms with Gasteiger partial charge in [0.15, 0.2) is 0 Å². The van der Waals surface area contributed by atoms with Crippen LogP contribution in [0, 0.1) is 17.0 Å². The molecule has 1 rings (SSSR count). The Balaban J connectivity index is 2.45. The number of nitrogens with one attached hydrogen (secondary N) is 1. The molecule has 0 fully saturated rings. The van der Waals surface area contributed by atoms with Crippen molar-refractivity contribution in [2.45, 2.75) is 19.9 Å². The number of aryl methyl sites for hydroxylation is 1. The third-order valence-electron chi connectivity index (χ3n) is 2.58. The van der Waals surface area contributed by atoms with E-state index < -0.39 is 10.8 Å². The summed E-state index contributed by atoms with van der Waals surface area (Å²) < 4.78 is 10.8. The summed E-state index contributed by atoms with van der Waals surface area (Å²) in [7, 11) is -0.756. The van der Waals surface area contributed by atoms with Crippen molar-refractivity contribution in [3.05, 3.63) is 39.4 Å². The molecule has 1 unspecified atom stereocenters. The van der Waals surface area contributed by atoms with E-state index in [0.29, 0.717) is 17.9 Å². The maximum Gasteiger partial charge on any atom is 0.272 e. The molecule has 0 aliphatic carbocycles. The van der Waals surface area contributed by atoms with E-state index in [1.807, 2.05) is 6.07 Å². The van der Waals surface area contributed by atoms with Gasteiger partial charge in [0.1, 0.15) is 0 Å². The Kier molecular flexibility index (Phi) is 5.94. The Morgan fingerprint density at radius 3 is 2.78 bits per heavy atom. The number of hydrogen-bond acceptors (Lipinski definition) is 4. The summed E-state index contributed by atoms with van der Waals surface area (Å²) in [5.41, 5.74) is 1.72. The molecule has 0 aromatic heterocycles. The van der Waals surface area contributed by atoms with E-state index in [9.17, 15) is 14.3 Å². The molecule has 6 heteroatoms. The first-order valence-corrected chi connectivity index (χ1v) is 7.48. The third kappa shape index (κ3) is 4.93. The van der Waals surface area contributed by atoms with Gasteiger partial charge in [-0.2, -0.15) is 0 Å². The van der Waals surface area contributed by atoms with Gasteiger partial charge < -0.3 is 5.32 Å². The fourth-order valence-electron chi connectivity index (χ4n) is 1.59. The number of nitro benzene ring substituents is 1. The highest BCUT2D eigenvalue weighted by Crippen LogP contribution is 2.18. The SMILES string of the molecule is Cc1ccc(CNCCCS(C)=O)cc1[N+](=O)[O-]. The molecular formula is C12H18N2O3S. The minimum Gasteiger partial charge on any atom is -0.313 e. The zero-order chi connectivity index (χ0) is 13.5. The molecule has 1 aromatic carbocycles. The summed E-state index contributed by atoms with van der Waals surface area (Å²) in [4.78, 5) is 10.4. The van der Waals surface area contributed by atoms with Gasteiger partial charge in [-0.1, -0.05) is 12.1 Å². The van der Waals surface area contributed by atoms with Crippen LogP contribution in [0.25, 0.3) is 0 Å². The molecule has 1 atom stereocenters. The average molecular weight is 270 g/mol. The van der Waals surface area contributed by atoms with E-state index in [1.54, 1.807) is 25.3 Å². The van der Waals surface area contributed by atoms with Crippen LogP contribution in [0.3, 0.4) is 0 Å². The van der Waals surface area contributed by atoms with Crippen molar-refractivity contribution in [2.24, 2.45) is 0 Å². The minimum atomic E-state index is -0.756. The molecular weight excluding hydrogens is 252 g/mol. The average Bonchev–Trinajstić information content (AvgIpc) is 2.30. The van der Waals surface area contributed by atoms with Crippen LogP contribution in [0.1, 0.15) is 17.5 Å². The van der Waals surface area contributed by atoms with E-state index in [-0.39, 0.29) is 10.6 Å². The number of benzene rings is 1. The van der Waals surface area contributed by atoms with Crippen LogP contribution >= 0.6 is 0 Å². The normalized spacial score (nSPS) is 12.3. The Labute approximate surface area is 109 Å². The van der Waals surface area contributed by atoms with Gasteiger partial charge in [-0.05, 0) is 25.5 Å². The molecule has 0 amide bonds. The summed E-state index contributed by atoms with van der Waals surface area (Å²) >= 11 is 0. The standard InChI is InChI=1S/C12H18N2O3S/c1-10-4-5-11(8-12(10)14(15)16)9-13-6-3-7-18(2)17/h4-5,8,13H,3,6-7,9H2,1-2H3. The van der Waals surface area contributed by atoms with Crippen molar-refractivity contribution in [1.29, 1.82) is 0 Å². The molecule has 0 heterocycles. The van der Waals surface area contributed by atoms with E-state index in [2.05, 4.69) is 5.32 Å². The van der Waals surface area contributed by atoms with Crippen molar-refractivity contribution >= 4 is 16.5 Å². The third-order valence-corrected chi connectivity index (χ3v) is 3.45. The number of nitro groups is 1. The van der Waals surface area contributed by atoms with Gasteiger partial charge in [-0.3, -0.25) is 14.3 Å². The van der Waals surface area contributed by atoms with Crippen molar-refractivity contribution in [3.63, 3.8) is 0 Å². The molecule has 0 radical (unpaired) electrons. The Hall–Kier alpha value is -1.27. The lowest BCUT2D eigenvalue weighted by atomic mass is 10.1. The Morgan fingerprint density at radius 2 is 2.17 bits per heavy atom. The molecule has 0 saturated heterocycles. The zero-order valence-corrected chi connectivity index (χ0v) is 11.5. The van der Waals surface area contributed by atoms with Gasteiger partial charge >= 0.3 is 0 Å². The lowest BCUT2D eigenvalue weighted by Crippen LogP contribution is -2.16. The van der Waals surface area contributed by atoms with E-state index >= 15 is 0 Å². The maximum atomic E-state index is 10.8. The quantitative estimate of drug-likeness (QED) is 0.465. The Morgan fingerprint density at radius 1 is 1.44 bits per heavy atom. The molecule has 1 N–H and O–H groups in total. The van der Waals surface area contributed by atoms with Gasteiger partial charge in [0.05, 0.1) is 4.92 Å². The van der Waals surface area contributed by atoms with Crippen LogP contribution in [0.4, 0.5) is 5.69 Å². The van der Waals surface area contributed by atoms with Crippen molar-refractivity contribution < 1.29 is 9.13 Å². The lowest BCUT2D eigenvalue weighted by Gasteiger charge is -2.05. The molecule has 0 aliphatic rings. The van der Waals surface area contributed by atoms with E-state index in [1.165, 1.54) is 0 Å². The second-order valence-electron chi connectivity index (χ2n) is 4.19. The first-order valence-electron chi connectivity index (χ1n) is 5.75. The maximum absolute atomic E-state index is 10.8. The van der Waals surface area contributed by atoms with E-state index in [0.717, 1.165) is 18.5 Å². The molecule has 1 aromatic rings. The van der Waals surface area contributed by atoms with Crippen LogP contribution in [0.15, 0.2) is 18.2 Å². The Bertz CT molecular complexity index is 449. The molecule has 0 bridgehead atoms. The molecule has 5 nitrogen and oxygen atoms in total. The van der Waals surface area contributed by atoms with Gasteiger partial charge in [0, 0.05) is 41.0 Å². The molecule has 0 spiro atoms. The first-order chi connectivity index (χ1) is 8.50. The van der Waals surface area contributed by atoms with Gasteiger partial charge in [-0.15, -0.1) is 0 Å². The van der Waals surface area contributed by atoms with Crippen molar-refractivity contribution in [1.82, 2.24) is 5.32 Å². The van der Waals surface area contributed by atoms with Crippen LogP contribution in [-0.2, 0) is 17.3 Å². The van der Waals surface area contributed by atoms with Crippen LogP contribution in [0.5, 0.6) is 0 Å². The van der Waals surface area contributed by atoms with Gasteiger partial charge in [-0.25, -0.2) is 0 Å². The van der Waals surface area contributed by atoms with Crippen molar-refractivity contribution in [3.8, 4) is 0 Å². The van der Waals surface area contributed by atoms with Crippen LogP contribution < -0.4 is 5.32 Å². The second-order valence-corrected chi connectivity index (χ2v) is 5.74. The lowest BCUT2D eigenvalue weighted by molar-refractivity contribution is -0.385. The van der Waals surface area contributed by atoms with E-state index in [4.69, 9.17) is 0 Å². The monoisotopic (exact) mass is 270 g/mol. The number of hydrogen-bond donors (Lipinski definition) is 1. The van der Waals surface area contributed by atoms with Crippen LogP contribution in [0.2, 0.25) is 0 Å². The molecule has 18 heavy (non-hydrogen) atoms. The minimum absolute atomic E-state index is 0.156. The number of rotatable bonds is 7.